The molecule has 1 atom stereocenters. The van der Waals surface area contributed by atoms with Gasteiger partial charge < -0.3 is 10.1 Å². The summed E-state index contributed by atoms with van der Waals surface area (Å²) in [5, 5.41) is 3.15. The minimum Gasteiger partial charge on any atom is -0.452 e. The zero-order valence-electron chi connectivity index (χ0n) is 15.7. The number of amides is 3. The van der Waals surface area contributed by atoms with Crippen LogP contribution in [-0.2, 0) is 25.5 Å². The molecule has 29 heavy (non-hydrogen) atoms. The van der Waals surface area contributed by atoms with Crippen LogP contribution in [0.4, 0.5) is 5.69 Å². The lowest BCUT2D eigenvalue weighted by Gasteiger charge is -2.26. The molecule has 0 aromatic heterocycles. The van der Waals surface area contributed by atoms with Crippen LogP contribution in [0.5, 0.6) is 0 Å². The average molecular weight is 415 g/mol. The van der Waals surface area contributed by atoms with E-state index in [4.69, 9.17) is 16.3 Å². The Hall–Kier alpha value is -3.19. The Balaban J connectivity index is 1.51. The SMILES string of the molecule is C[C@H](OC(=O)CCN1C(=O)Cc2ccccc2C1=O)C(=O)Nc1ccc(Cl)cc1. The fourth-order valence-electron chi connectivity index (χ4n) is 2.92. The number of hydrogen-bond acceptors (Lipinski definition) is 5. The van der Waals surface area contributed by atoms with E-state index in [1.165, 1.54) is 6.92 Å². The predicted octanol–water partition coefficient (Wildman–Crippen LogP) is 2.83. The van der Waals surface area contributed by atoms with Gasteiger partial charge in [0.1, 0.15) is 0 Å². The summed E-state index contributed by atoms with van der Waals surface area (Å²) in [4.78, 5) is 50.0. The van der Waals surface area contributed by atoms with Gasteiger partial charge in [0.2, 0.25) is 5.91 Å². The summed E-state index contributed by atoms with van der Waals surface area (Å²) in [7, 11) is 0. The van der Waals surface area contributed by atoms with E-state index >= 15 is 0 Å². The number of fused-ring (bicyclic) bond motifs is 1. The lowest BCUT2D eigenvalue weighted by Crippen LogP contribution is -2.43. The Bertz CT molecular complexity index is 958. The van der Waals surface area contributed by atoms with E-state index in [-0.39, 0.29) is 25.3 Å². The predicted molar refractivity (Wildman–Crippen MR) is 106 cm³/mol. The molecule has 0 fully saturated rings. The van der Waals surface area contributed by atoms with E-state index in [0.717, 1.165) is 4.90 Å². The molecule has 0 radical (unpaired) electrons. The Labute approximate surface area is 172 Å². The number of carbonyl (C=O) groups excluding carboxylic acids is 4. The zero-order chi connectivity index (χ0) is 21.0. The molecule has 8 heteroatoms. The summed E-state index contributed by atoms with van der Waals surface area (Å²) in [5.41, 5.74) is 1.65. The third-order valence-electron chi connectivity index (χ3n) is 4.46. The fourth-order valence-corrected chi connectivity index (χ4v) is 3.04. The number of rotatable bonds is 6. The molecule has 0 saturated heterocycles. The number of benzene rings is 2. The third kappa shape index (κ3) is 5.00. The summed E-state index contributed by atoms with van der Waals surface area (Å²) >= 11 is 5.79. The van der Waals surface area contributed by atoms with Gasteiger partial charge in [0.15, 0.2) is 6.10 Å². The molecule has 1 heterocycles. The minimum atomic E-state index is -1.04. The van der Waals surface area contributed by atoms with Crippen molar-refractivity contribution in [2.75, 3.05) is 11.9 Å². The molecule has 0 bridgehead atoms. The molecule has 1 aliphatic heterocycles. The van der Waals surface area contributed by atoms with Crippen molar-refractivity contribution in [1.29, 1.82) is 0 Å². The van der Waals surface area contributed by atoms with E-state index in [1.807, 2.05) is 0 Å². The highest BCUT2D eigenvalue weighted by Crippen LogP contribution is 2.20. The number of nitrogens with one attached hydrogen (secondary N) is 1. The smallest absolute Gasteiger partial charge is 0.308 e. The molecule has 1 aliphatic rings. The first-order chi connectivity index (χ1) is 13.8. The van der Waals surface area contributed by atoms with Crippen LogP contribution in [0.2, 0.25) is 5.02 Å². The van der Waals surface area contributed by atoms with Gasteiger partial charge in [-0.25, -0.2) is 0 Å². The van der Waals surface area contributed by atoms with Gasteiger partial charge in [0.25, 0.3) is 11.8 Å². The van der Waals surface area contributed by atoms with Crippen molar-refractivity contribution in [2.24, 2.45) is 0 Å². The second-order valence-electron chi connectivity index (χ2n) is 6.56. The summed E-state index contributed by atoms with van der Waals surface area (Å²) in [6, 6.07) is 13.4. The van der Waals surface area contributed by atoms with Crippen molar-refractivity contribution in [3.8, 4) is 0 Å². The van der Waals surface area contributed by atoms with Gasteiger partial charge in [-0.2, -0.15) is 0 Å². The summed E-state index contributed by atoms with van der Waals surface area (Å²) < 4.78 is 5.11. The van der Waals surface area contributed by atoms with Gasteiger partial charge in [0, 0.05) is 22.8 Å². The van der Waals surface area contributed by atoms with Crippen molar-refractivity contribution in [3.63, 3.8) is 0 Å². The lowest BCUT2D eigenvalue weighted by atomic mass is 9.98. The van der Waals surface area contributed by atoms with E-state index in [0.29, 0.717) is 21.8 Å². The normalized spacial score (nSPS) is 14.2. The average Bonchev–Trinajstić information content (AvgIpc) is 2.69. The van der Waals surface area contributed by atoms with Gasteiger partial charge in [0.05, 0.1) is 12.8 Å². The van der Waals surface area contributed by atoms with E-state index in [1.54, 1.807) is 48.5 Å². The van der Waals surface area contributed by atoms with E-state index in [9.17, 15) is 19.2 Å². The Morgan fingerprint density at radius 1 is 1.14 bits per heavy atom. The molecule has 1 N–H and O–H groups in total. The van der Waals surface area contributed by atoms with Crippen LogP contribution in [0.1, 0.15) is 29.3 Å². The standard InChI is InChI=1S/C21H19ClN2O5/c1-13(20(27)23-16-8-6-15(22)7-9-16)29-19(26)10-11-24-18(25)12-14-4-2-3-5-17(14)21(24)28/h2-9,13H,10-12H2,1H3,(H,23,27)/t13-/m0/s1. The molecule has 150 valence electrons. The first-order valence-electron chi connectivity index (χ1n) is 9.03. The first kappa shape index (κ1) is 20.5. The van der Waals surface area contributed by atoms with Crippen molar-refractivity contribution in [3.05, 3.63) is 64.7 Å². The summed E-state index contributed by atoms with van der Waals surface area (Å²) in [6.07, 6.45) is -1.12. The maximum atomic E-state index is 12.5. The summed E-state index contributed by atoms with van der Waals surface area (Å²) in [5.74, 6) is -1.98. The summed E-state index contributed by atoms with van der Waals surface area (Å²) in [6.45, 7) is 1.34. The van der Waals surface area contributed by atoms with Crippen LogP contribution >= 0.6 is 11.6 Å². The van der Waals surface area contributed by atoms with Crippen LogP contribution in [0.3, 0.4) is 0 Å². The number of ether oxygens (including phenoxy) is 1. The van der Waals surface area contributed by atoms with Gasteiger partial charge in [-0.15, -0.1) is 0 Å². The molecule has 0 spiro atoms. The highest BCUT2D eigenvalue weighted by atomic mass is 35.5. The molecule has 0 saturated carbocycles. The third-order valence-corrected chi connectivity index (χ3v) is 4.72. The van der Waals surface area contributed by atoms with Gasteiger partial charge >= 0.3 is 5.97 Å². The van der Waals surface area contributed by atoms with Gasteiger partial charge in [-0.3, -0.25) is 24.1 Å². The minimum absolute atomic E-state index is 0.101. The number of carbonyl (C=O) groups is 4. The van der Waals surface area contributed by atoms with Crippen LogP contribution < -0.4 is 5.32 Å². The molecule has 3 amide bonds. The number of imide groups is 1. The second-order valence-corrected chi connectivity index (χ2v) is 7.00. The highest BCUT2D eigenvalue weighted by molar-refractivity contribution is 6.30. The maximum Gasteiger partial charge on any atom is 0.308 e. The molecule has 3 rings (SSSR count). The Morgan fingerprint density at radius 3 is 2.55 bits per heavy atom. The Morgan fingerprint density at radius 2 is 1.83 bits per heavy atom. The van der Waals surface area contributed by atoms with Crippen LogP contribution in [0, 0.1) is 0 Å². The van der Waals surface area contributed by atoms with Crippen LogP contribution in [0.25, 0.3) is 0 Å². The molecule has 7 nitrogen and oxygen atoms in total. The molecule has 0 unspecified atom stereocenters. The second kappa shape index (κ2) is 8.87. The monoisotopic (exact) mass is 414 g/mol. The van der Waals surface area contributed by atoms with Crippen molar-refractivity contribution >= 4 is 41.0 Å². The maximum absolute atomic E-state index is 12.5. The van der Waals surface area contributed by atoms with E-state index < -0.39 is 23.9 Å². The topological polar surface area (TPSA) is 92.8 Å². The quantitative estimate of drug-likeness (QED) is 0.579. The zero-order valence-corrected chi connectivity index (χ0v) is 16.4. The number of hydrogen-bond donors (Lipinski definition) is 1. The van der Waals surface area contributed by atoms with Crippen molar-refractivity contribution < 1.29 is 23.9 Å². The number of esters is 1. The number of nitrogens with zero attached hydrogens (tertiary/aromatic N) is 1. The first-order valence-corrected chi connectivity index (χ1v) is 9.41. The lowest BCUT2D eigenvalue weighted by molar-refractivity contribution is -0.153. The number of anilines is 1. The van der Waals surface area contributed by atoms with Crippen molar-refractivity contribution in [2.45, 2.75) is 25.9 Å². The molecule has 0 aliphatic carbocycles. The van der Waals surface area contributed by atoms with E-state index in [2.05, 4.69) is 5.32 Å². The van der Waals surface area contributed by atoms with Crippen LogP contribution in [-0.4, -0.2) is 41.2 Å². The molecular weight excluding hydrogens is 396 g/mol. The Kier molecular flexibility index (Phi) is 6.29. The van der Waals surface area contributed by atoms with Gasteiger partial charge in [-0.05, 0) is 42.8 Å². The molecule has 2 aromatic rings. The molecular formula is C21H19ClN2O5. The largest absolute Gasteiger partial charge is 0.452 e. The number of halogens is 1. The van der Waals surface area contributed by atoms with Gasteiger partial charge in [-0.1, -0.05) is 29.8 Å². The van der Waals surface area contributed by atoms with Crippen LogP contribution in [0.15, 0.2) is 48.5 Å². The molecule has 2 aromatic carbocycles. The van der Waals surface area contributed by atoms with Crippen molar-refractivity contribution in [1.82, 2.24) is 4.90 Å². The fraction of sp³-hybridized carbons (Fsp3) is 0.238. The highest BCUT2D eigenvalue weighted by Gasteiger charge is 2.31.